The van der Waals surface area contributed by atoms with Crippen molar-refractivity contribution in [3.8, 4) is 28.4 Å². The number of anilines is 1. The van der Waals surface area contributed by atoms with Crippen molar-refractivity contribution < 1.29 is 36.7 Å². The van der Waals surface area contributed by atoms with E-state index in [0.29, 0.717) is 66.6 Å². The van der Waals surface area contributed by atoms with Crippen LogP contribution in [0.2, 0.25) is 0 Å². The molecule has 1 amide bonds. The summed E-state index contributed by atoms with van der Waals surface area (Å²) in [6.45, 7) is 7.02. The minimum atomic E-state index is -4.65. The van der Waals surface area contributed by atoms with E-state index in [-0.39, 0.29) is 35.9 Å². The average molecular weight is 562 g/mol. The maximum Gasteiger partial charge on any atom is 0.417 e. The molecular formula is C27H30F3N5O5. The van der Waals surface area contributed by atoms with E-state index in [0.717, 1.165) is 6.07 Å². The Bertz CT molecular complexity index is 1380. The van der Waals surface area contributed by atoms with Crippen molar-refractivity contribution in [2.75, 3.05) is 38.7 Å². The van der Waals surface area contributed by atoms with E-state index in [4.69, 9.17) is 18.7 Å². The number of piperidine rings is 1. The molecular weight excluding hydrogens is 531 g/mol. The number of methoxy groups -OCH3 is 1. The molecule has 2 aromatic heterocycles. The van der Waals surface area contributed by atoms with Crippen molar-refractivity contribution in [3.05, 3.63) is 40.8 Å². The molecule has 3 aromatic rings. The van der Waals surface area contributed by atoms with E-state index in [2.05, 4.69) is 20.4 Å². The summed E-state index contributed by atoms with van der Waals surface area (Å²) in [6.07, 6.45) is -3.90. The highest BCUT2D eigenvalue weighted by molar-refractivity contribution is 5.76. The molecule has 0 saturated carbocycles. The number of hydrogen-bond donors (Lipinski definition) is 1. The van der Waals surface area contributed by atoms with Gasteiger partial charge in [0, 0.05) is 30.3 Å². The number of ether oxygens (including phenoxy) is 3. The predicted molar refractivity (Wildman–Crippen MR) is 138 cm³/mol. The van der Waals surface area contributed by atoms with Gasteiger partial charge in [-0.15, -0.1) is 0 Å². The number of carbonyl (C=O) groups excluding carboxylic acids is 1. The quantitative estimate of drug-likeness (QED) is 0.391. The van der Waals surface area contributed by atoms with Crippen LogP contribution in [0.3, 0.4) is 0 Å². The van der Waals surface area contributed by atoms with Crippen LogP contribution in [0, 0.1) is 20.8 Å². The van der Waals surface area contributed by atoms with Crippen molar-refractivity contribution in [1.82, 2.24) is 20.0 Å². The SMILES string of the molecule is COC(=O)N1CCC(Nc2nc(-c3cc(OC[C@H]4CO4)ccc3C(F)(F)F)nc(-c3c(C)noc3C)c2C)CC1. The lowest BCUT2D eigenvalue weighted by molar-refractivity contribution is -0.137. The third-order valence-corrected chi connectivity index (χ3v) is 7.06. The summed E-state index contributed by atoms with van der Waals surface area (Å²) in [4.78, 5) is 22.7. The molecule has 0 unspecified atom stereocenters. The fourth-order valence-corrected chi connectivity index (χ4v) is 4.77. The largest absolute Gasteiger partial charge is 0.491 e. The van der Waals surface area contributed by atoms with E-state index in [9.17, 15) is 18.0 Å². The zero-order valence-corrected chi connectivity index (χ0v) is 22.6. The van der Waals surface area contributed by atoms with Crippen LogP contribution in [-0.4, -0.2) is 71.7 Å². The van der Waals surface area contributed by atoms with Gasteiger partial charge in [-0.3, -0.25) is 0 Å². The first-order valence-electron chi connectivity index (χ1n) is 12.9. The van der Waals surface area contributed by atoms with Gasteiger partial charge in [0.25, 0.3) is 0 Å². The van der Waals surface area contributed by atoms with Gasteiger partial charge in [-0.05, 0) is 51.8 Å². The maximum absolute atomic E-state index is 14.2. The van der Waals surface area contributed by atoms with Crippen LogP contribution >= 0.6 is 0 Å². The van der Waals surface area contributed by atoms with E-state index < -0.39 is 17.8 Å². The fourth-order valence-electron chi connectivity index (χ4n) is 4.77. The topological polar surface area (TPSA) is 115 Å². The Kier molecular flexibility index (Phi) is 7.58. The molecule has 214 valence electrons. The molecule has 2 fully saturated rings. The lowest BCUT2D eigenvalue weighted by atomic mass is 10.0. The first-order chi connectivity index (χ1) is 19.0. The van der Waals surface area contributed by atoms with Gasteiger partial charge in [-0.1, -0.05) is 5.16 Å². The third kappa shape index (κ3) is 5.83. The number of aryl methyl sites for hydroxylation is 2. The average Bonchev–Trinajstić information content (AvgIpc) is 3.71. The molecule has 40 heavy (non-hydrogen) atoms. The molecule has 5 rings (SSSR count). The van der Waals surface area contributed by atoms with Crippen LogP contribution in [0.15, 0.2) is 22.7 Å². The number of halogens is 3. The minimum absolute atomic E-state index is 0.0612. The zero-order valence-electron chi connectivity index (χ0n) is 22.6. The molecule has 0 aliphatic carbocycles. The van der Waals surface area contributed by atoms with Gasteiger partial charge in [-0.25, -0.2) is 14.8 Å². The van der Waals surface area contributed by atoms with Crippen molar-refractivity contribution >= 4 is 11.9 Å². The molecule has 1 atom stereocenters. The van der Waals surface area contributed by atoms with Gasteiger partial charge < -0.3 is 29.0 Å². The van der Waals surface area contributed by atoms with E-state index in [1.54, 1.807) is 25.7 Å². The van der Waals surface area contributed by atoms with E-state index >= 15 is 0 Å². The predicted octanol–water partition coefficient (Wildman–Crippen LogP) is 5.16. The number of hydrogen-bond acceptors (Lipinski definition) is 9. The zero-order chi connectivity index (χ0) is 28.6. The highest BCUT2D eigenvalue weighted by Crippen LogP contribution is 2.40. The molecule has 0 spiro atoms. The number of benzene rings is 1. The highest BCUT2D eigenvalue weighted by Gasteiger charge is 2.36. The van der Waals surface area contributed by atoms with E-state index in [1.165, 1.54) is 19.2 Å². The lowest BCUT2D eigenvalue weighted by Gasteiger charge is -2.32. The molecule has 0 radical (unpaired) electrons. The fraction of sp³-hybridized carbons (Fsp3) is 0.481. The van der Waals surface area contributed by atoms with Crippen LogP contribution < -0.4 is 10.1 Å². The second kappa shape index (κ2) is 11.0. The summed E-state index contributed by atoms with van der Waals surface area (Å²) in [7, 11) is 1.34. The Hall–Kier alpha value is -3.87. The summed E-state index contributed by atoms with van der Waals surface area (Å²) in [5, 5.41) is 7.40. The Morgan fingerprint density at radius 2 is 1.90 bits per heavy atom. The lowest BCUT2D eigenvalue weighted by Crippen LogP contribution is -2.42. The molecule has 10 nitrogen and oxygen atoms in total. The number of aromatic nitrogens is 3. The summed E-state index contributed by atoms with van der Waals surface area (Å²) in [5.41, 5.74) is 1.12. The van der Waals surface area contributed by atoms with Crippen molar-refractivity contribution in [3.63, 3.8) is 0 Å². The van der Waals surface area contributed by atoms with Crippen LogP contribution in [0.1, 0.15) is 35.4 Å². The number of rotatable bonds is 7. The second-order valence-corrected chi connectivity index (χ2v) is 9.92. The van der Waals surface area contributed by atoms with Crippen LogP contribution in [0.4, 0.5) is 23.8 Å². The molecule has 2 aliphatic rings. The standard InChI is InChI=1S/C27H30F3N5O5/c1-14-23(22-15(2)34-40-16(22)3)32-25(33-24(14)31-17-7-9-35(10-8-17)26(36)37-4)20-11-18(38-12-19-13-39-19)5-6-21(20)27(28,29)30/h5-6,11,17,19H,7-10,12-13H2,1-4H3,(H,31,32,33)/t19-/m0/s1. The molecule has 2 saturated heterocycles. The number of carbonyl (C=O) groups is 1. The van der Waals surface area contributed by atoms with Crippen LogP contribution in [0.25, 0.3) is 22.6 Å². The summed E-state index contributed by atoms with van der Waals surface area (Å²) in [6, 6.07) is 3.50. The molecule has 1 aromatic carbocycles. The summed E-state index contributed by atoms with van der Waals surface area (Å²) >= 11 is 0. The van der Waals surface area contributed by atoms with Gasteiger partial charge in [0.1, 0.15) is 30.0 Å². The molecule has 2 aliphatic heterocycles. The first-order valence-corrected chi connectivity index (χ1v) is 12.9. The number of nitrogens with zero attached hydrogens (tertiary/aromatic N) is 4. The Labute approximate surface area is 228 Å². The highest BCUT2D eigenvalue weighted by atomic mass is 19.4. The molecule has 0 bridgehead atoms. The number of alkyl halides is 3. The number of likely N-dealkylation sites (tertiary alicyclic amines) is 1. The van der Waals surface area contributed by atoms with Crippen LogP contribution in [0.5, 0.6) is 5.75 Å². The van der Waals surface area contributed by atoms with Gasteiger partial charge in [0.05, 0.1) is 36.2 Å². The maximum atomic E-state index is 14.2. The monoisotopic (exact) mass is 561 g/mol. The Morgan fingerprint density at radius 3 is 2.50 bits per heavy atom. The summed E-state index contributed by atoms with van der Waals surface area (Å²) in [5.74, 6) is 1.02. The second-order valence-electron chi connectivity index (χ2n) is 9.92. The van der Waals surface area contributed by atoms with E-state index in [1.807, 2.05) is 0 Å². The van der Waals surface area contributed by atoms with Gasteiger partial charge >= 0.3 is 12.3 Å². The summed E-state index contributed by atoms with van der Waals surface area (Å²) < 4.78 is 63.5. The Balaban J connectivity index is 1.57. The minimum Gasteiger partial charge on any atom is -0.491 e. The molecule has 4 heterocycles. The normalized spacial score (nSPS) is 17.6. The van der Waals surface area contributed by atoms with Crippen molar-refractivity contribution in [2.24, 2.45) is 0 Å². The number of epoxide rings is 1. The molecule has 13 heteroatoms. The Morgan fingerprint density at radius 1 is 1.18 bits per heavy atom. The van der Waals surface area contributed by atoms with Gasteiger partial charge in [-0.2, -0.15) is 13.2 Å². The van der Waals surface area contributed by atoms with Crippen LogP contribution in [-0.2, 0) is 15.7 Å². The third-order valence-electron chi connectivity index (χ3n) is 7.06. The number of nitrogens with one attached hydrogen (secondary N) is 1. The van der Waals surface area contributed by atoms with Gasteiger partial charge in [0.15, 0.2) is 5.82 Å². The van der Waals surface area contributed by atoms with Crippen molar-refractivity contribution in [2.45, 2.75) is 51.9 Å². The van der Waals surface area contributed by atoms with Crippen molar-refractivity contribution in [1.29, 1.82) is 0 Å². The number of amides is 1. The smallest absolute Gasteiger partial charge is 0.417 e. The first kappa shape index (κ1) is 27.7. The molecule has 1 N–H and O–H groups in total. The van der Waals surface area contributed by atoms with Gasteiger partial charge in [0.2, 0.25) is 0 Å².